The number of nitrogens with zero attached hydrogens (tertiary/aromatic N) is 4. The molecule has 0 spiro atoms. The van der Waals surface area contributed by atoms with Crippen molar-refractivity contribution in [3.8, 4) is 0 Å². The van der Waals surface area contributed by atoms with Crippen molar-refractivity contribution < 1.29 is 0 Å². The van der Waals surface area contributed by atoms with Gasteiger partial charge in [-0.05, 0) is 39.2 Å². The molecule has 2 rings (SSSR count). The lowest BCUT2D eigenvalue weighted by molar-refractivity contribution is 0.537. The van der Waals surface area contributed by atoms with Crippen molar-refractivity contribution in [1.29, 1.82) is 0 Å². The molecule has 2 aromatic rings. The number of thiophene rings is 1. The minimum Gasteiger partial charge on any atom is -0.308 e. The Kier molecular flexibility index (Phi) is 3.86. The van der Waals surface area contributed by atoms with Gasteiger partial charge in [0.1, 0.15) is 0 Å². The third-order valence-electron chi connectivity index (χ3n) is 2.56. The molecule has 6 heteroatoms. The summed E-state index contributed by atoms with van der Waals surface area (Å²) in [5, 5.41) is 19.4. The lowest BCUT2D eigenvalue weighted by Gasteiger charge is -2.08. The van der Waals surface area contributed by atoms with Crippen LogP contribution < -0.4 is 5.32 Å². The molecule has 92 valence electrons. The number of aryl methyl sites for hydroxylation is 1. The second kappa shape index (κ2) is 5.37. The fourth-order valence-corrected chi connectivity index (χ4v) is 2.33. The van der Waals surface area contributed by atoms with Gasteiger partial charge in [0.25, 0.3) is 0 Å². The maximum atomic E-state index is 4.04. The summed E-state index contributed by atoms with van der Waals surface area (Å²) in [4.78, 5) is 0. The molecule has 2 aromatic heterocycles. The molecule has 0 aromatic carbocycles. The molecule has 0 atom stereocenters. The SMILES string of the molecule is Cc1cscc1Cn1nnnc1CNC(C)C. The fourth-order valence-electron chi connectivity index (χ4n) is 1.48. The molecule has 0 radical (unpaired) electrons. The molecular formula is C11H17N5S. The summed E-state index contributed by atoms with van der Waals surface area (Å²) in [6.45, 7) is 7.78. The lowest BCUT2D eigenvalue weighted by atomic mass is 10.2. The van der Waals surface area contributed by atoms with E-state index in [4.69, 9.17) is 0 Å². The highest BCUT2D eigenvalue weighted by atomic mass is 32.1. The van der Waals surface area contributed by atoms with E-state index in [1.54, 1.807) is 11.3 Å². The van der Waals surface area contributed by atoms with Crippen molar-refractivity contribution in [2.24, 2.45) is 0 Å². The average Bonchev–Trinajstić information content (AvgIpc) is 2.87. The lowest BCUT2D eigenvalue weighted by Crippen LogP contribution is -2.24. The highest BCUT2D eigenvalue weighted by Gasteiger charge is 2.08. The molecule has 5 nitrogen and oxygen atoms in total. The number of aromatic nitrogens is 4. The maximum absolute atomic E-state index is 4.04. The fraction of sp³-hybridized carbons (Fsp3) is 0.545. The van der Waals surface area contributed by atoms with E-state index < -0.39 is 0 Å². The van der Waals surface area contributed by atoms with Crippen LogP contribution in [0.4, 0.5) is 0 Å². The van der Waals surface area contributed by atoms with Gasteiger partial charge in [-0.25, -0.2) is 4.68 Å². The van der Waals surface area contributed by atoms with Crippen LogP contribution in [0.3, 0.4) is 0 Å². The van der Waals surface area contributed by atoms with Crippen molar-refractivity contribution >= 4 is 11.3 Å². The standard InChI is InChI=1S/C11H17N5S/c1-8(2)12-4-11-13-14-15-16(11)5-10-7-17-6-9(10)3/h6-8,12H,4-5H2,1-3H3. The Bertz CT molecular complexity index is 474. The minimum absolute atomic E-state index is 0.433. The number of hydrogen-bond donors (Lipinski definition) is 1. The summed E-state index contributed by atoms with van der Waals surface area (Å²) in [5.41, 5.74) is 2.58. The van der Waals surface area contributed by atoms with Gasteiger partial charge in [-0.2, -0.15) is 11.3 Å². The first-order valence-corrected chi connectivity index (χ1v) is 6.61. The molecule has 0 aliphatic heterocycles. The Morgan fingerprint density at radius 2 is 2.24 bits per heavy atom. The quantitative estimate of drug-likeness (QED) is 0.876. The molecule has 0 aliphatic rings. The first kappa shape index (κ1) is 12.2. The summed E-state index contributed by atoms with van der Waals surface area (Å²) in [7, 11) is 0. The molecule has 2 heterocycles. The van der Waals surface area contributed by atoms with Gasteiger partial charge in [0.05, 0.1) is 13.1 Å². The predicted octanol–water partition coefficient (Wildman–Crippen LogP) is 1.59. The molecule has 0 amide bonds. The highest BCUT2D eigenvalue weighted by Crippen LogP contribution is 2.14. The first-order valence-electron chi connectivity index (χ1n) is 5.67. The van der Waals surface area contributed by atoms with Crippen molar-refractivity contribution in [3.63, 3.8) is 0 Å². The topological polar surface area (TPSA) is 55.6 Å². The van der Waals surface area contributed by atoms with E-state index in [0.717, 1.165) is 12.4 Å². The number of rotatable bonds is 5. The van der Waals surface area contributed by atoms with E-state index in [9.17, 15) is 0 Å². The Morgan fingerprint density at radius 3 is 2.88 bits per heavy atom. The van der Waals surface area contributed by atoms with E-state index in [1.807, 2.05) is 4.68 Å². The number of tetrazole rings is 1. The van der Waals surface area contributed by atoms with Crippen LogP contribution in [0.15, 0.2) is 10.8 Å². The Hall–Kier alpha value is -1.27. The zero-order chi connectivity index (χ0) is 12.3. The van der Waals surface area contributed by atoms with E-state index in [0.29, 0.717) is 12.6 Å². The van der Waals surface area contributed by atoms with E-state index in [2.05, 4.69) is 52.4 Å². The maximum Gasteiger partial charge on any atom is 0.165 e. The van der Waals surface area contributed by atoms with Crippen LogP contribution in [0.1, 0.15) is 30.8 Å². The molecule has 0 aliphatic carbocycles. The van der Waals surface area contributed by atoms with Crippen LogP contribution in [0.2, 0.25) is 0 Å². The monoisotopic (exact) mass is 251 g/mol. The van der Waals surface area contributed by atoms with Gasteiger partial charge < -0.3 is 5.32 Å². The van der Waals surface area contributed by atoms with Crippen LogP contribution in [0, 0.1) is 6.92 Å². The molecule has 0 unspecified atom stereocenters. The van der Waals surface area contributed by atoms with E-state index in [1.165, 1.54) is 11.1 Å². The predicted molar refractivity (Wildman–Crippen MR) is 68.0 cm³/mol. The number of nitrogens with one attached hydrogen (secondary N) is 1. The van der Waals surface area contributed by atoms with E-state index >= 15 is 0 Å². The van der Waals surface area contributed by atoms with Crippen molar-refractivity contribution in [2.45, 2.75) is 39.9 Å². The average molecular weight is 251 g/mol. The molecular weight excluding hydrogens is 234 g/mol. The Balaban J connectivity index is 2.06. The van der Waals surface area contributed by atoms with Gasteiger partial charge in [-0.15, -0.1) is 5.10 Å². The molecule has 0 bridgehead atoms. The van der Waals surface area contributed by atoms with Gasteiger partial charge in [0.2, 0.25) is 0 Å². The Morgan fingerprint density at radius 1 is 1.41 bits per heavy atom. The van der Waals surface area contributed by atoms with Crippen LogP contribution >= 0.6 is 11.3 Å². The molecule has 17 heavy (non-hydrogen) atoms. The largest absolute Gasteiger partial charge is 0.308 e. The van der Waals surface area contributed by atoms with Gasteiger partial charge in [-0.1, -0.05) is 13.8 Å². The summed E-state index contributed by atoms with van der Waals surface area (Å²) in [6.07, 6.45) is 0. The number of hydrogen-bond acceptors (Lipinski definition) is 5. The minimum atomic E-state index is 0.433. The summed E-state index contributed by atoms with van der Waals surface area (Å²) < 4.78 is 1.85. The van der Waals surface area contributed by atoms with Crippen molar-refractivity contribution in [2.75, 3.05) is 0 Å². The smallest absolute Gasteiger partial charge is 0.165 e. The summed E-state index contributed by atoms with van der Waals surface area (Å²) in [5.74, 6) is 0.879. The Labute approximate surface area is 105 Å². The van der Waals surface area contributed by atoms with Gasteiger partial charge in [-0.3, -0.25) is 0 Å². The van der Waals surface area contributed by atoms with Gasteiger partial charge >= 0.3 is 0 Å². The van der Waals surface area contributed by atoms with Crippen molar-refractivity contribution in [1.82, 2.24) is 25.5 Å². The van der Waals surface area contributed by atoms with Gasteiger partial charge in [0.15, 0.2) is 5.82 Å². The molecule has 0 saturated heterocycles. The van der Waals surface area contributed by atoms with Crippen LogP contribution in [0.5, 0.6) is 0 Å². The van der Waals surface area contributed by atoms with Gasteiger partial charge in [0, 0.05) is 6.04 Å². The first-order chi connectivity index (χ1) is 8.16. The normalized spacial score (nSPS) is 11.3. The van der Waals surface area contributed by atoms with Crippen molar-refractivity contribution in [3.05, 3.63) is 27.7 Å². The van der Waals surface area contributed by atoms with Crippen LogP contribution in [-0.4, -0.2) is 26.2 Å². The zero-order valence-electron chi connectivity index (χ0n) is 10.3. The molecule has 0 saturated carbocycles. The highest BCUT2D eigenvalue weighted by molar-refractivity contribution is 7.08. The van der Waals surface area contributed by atoms with Crippen LogP contribution in [0.25, 0.3) is 0 Å². The van der Waals surface area contributed by atoms with Crippen LogP contribution in [-0.2, 0) is 13.1 Å². The molecule has 1 N–H and O–H groups in total. The summed E-state index contributed by atoms with van der Waals surface area (Å²) >= 11 is 1.71. The zero-order valence-corrected chi connectivity index (χ0v) is 11.2. The summed E-state index contributed by atoms with van der Waals surface area (Å²) in [6, 6.07) is 0.433. The third kappa shape index (κ3) is 3.10. The van der Waals surface area contributed by atoms with E-state index in [-0.39, 0.29) is 0 Å². The third-order valence-corrected chi connectivity index (χ3v) is 3.47. The second-order valence-corrected chi connectivity index (χ2v) is 5.11. The second-order valence-electron chi connectivity index (χ2n) is 4.37. The molecule has 0 fully saturated rings.